The fourth-order valence-corrected chi connectivity index (χ4v) is 3.22. The highest BCUT2D eigenvalue weighted by Gasteiger charge is 2.27. The monoisotopic (exact) mass is 518 g/mol. The van der Waals surface area contributed by atoms with Crippen LogP contribution in [0.1, 0.15) is 18.4 Å². The third-order valence-electron chi connectivity index (χ3n) is 5.03. The van der Waals surface area contributed by atoms with Crippen LogP contribution in [0.5, 0.6) is 11.5 Å². The van der Waals surface area contributed by atoms with Gasteiger partial charge in [-0.05, 0) is 49.1 Å². The summed E-state index contributed by atoms with van der Waals surface area (Å²) in [6, 6.07) is 8.79. The van der Waals surface area contributed by atoms with E-state index in [1.807, 2.05) is 0 Å². The molecular formula is C23H26N4O10. The number of unbranched alkanes of at least 4 members (excludes halogenated alkanes) is 1. The maximum atomic E-state index is 12.8. The molecule has 5 N–H and O–H groups in total. The second-order valence-electron chi connectivity index (χ2n) is 7.66. The molecule has 0 saturated carbocycles. The van der Waals surface area contributed by atoms with Gasteiger partial charge in [-0.2, -0.15) is 0 Å². The van der Waals surface area contributed by atoms with Gasteiger partial charge in [0.15, 0.2) is 5.75 Å². The first kappa shape index (κ1) is 28.5. The number of amides is 3. The van der Waals surface area contributed by atoms with E-state index in [1.165, 1.54) is 30.3 Å². The summed E-state index contributed by atoms with van der Waals surface area (Å²) in [5.74, 6) is -4.16. The number of nitrogens with zero attached hydrogens (tertiary/aromatic N) is 2. The van der Waals surface area contributed by atoms with Gasteiger partial charge in [0.1, 0.15) is 0 Å². The molecule has 37 heavy (non-hydrogen) atoms. The van der Waals surface area contributed by atoms with Crippen LogP contribution in [0.4, 0.5) is 16.2 Å². The van der Waals surface area contributed by atoms with Crippen molar-refractivity contribution < 1.29 is 43.8 Å². The zero-order valence-corrected chi connectivity index (χ0v) is 19.8. The molecule has 0 spiro atoms. The van der Waals surface area contributed by atoms with Gasteiger partial charge in [0.25, 0.3) is 0 Å². The summed E-state index contributed by atoms with van der Waals surface area (Å²) in [5.41, 5.74) is 6.29. The number of para-hydroxylation sites is 1. The van der Waals surface area contributed by atoms with Crippen LogP contribution in [-0.2, 0) is 25.5 Å². The van der Waals surface area contributed by atoms with Crippen LogP contribution in [0, 0.1) is 10.1 Å². The SMILES string of the molecule is COC(=O)N(CCCCOc1cccc(O)c1[N+](=O)[O-])C(=O)C(N)Cc1ccc(NC(=O)C(=O)O)cc1. The molecule has 0 saturated heterocycles. The number of nitrogens with one attached hydrogen (secondary N) is 1. The highest BCUT2D eigenvalue weighted by atomic mass is 16.6. The third kappa shape index (κ3) is 8.17. The Morgan fingerprint density at radius 2 is 1.81 bits per heavy atom. The van der Waals surface area contributed by atoms with Crippen molar-refractivity contribution in [2.45, 2.75) is 25.3 Å². The second-order valence-corrected chi connectivity index (χ2v) is 7.66. The number of carboxylic acids is 1. The molecule has 14 heteroatoms. The molecule has 1 atom stereocenters. The minimum Gasteiger partial charge on any atom is -0.502 e. The Balaban J connectivity index is 1.92. The van der Waals surface area contributed by atoms with Crippen LogP contribution in [0.25, 0.3) is 0 Å². The Labute approximate surface area is 210 Å². The van der Waals surface area contributed by atoms with E-state index in [-0.39, 0.29) is 37.4 Å². The Kier molecular flexibility index (Phi) is 10.3. The number of methoxy groups -OCH3 is 1. The molecular weight excluding hydrogens is 492 g/mol. The number of nitro benzene ring substituents is 1. The van der Waals surface area contributed by atoms with Gasteiger partial charge in [0.05, 0.1) is 24.7 Å². The number of imide groups is 1. The van der Waals surface area contributed by atoms with E-state index in [1.54, 1.807) is 12.1 Å². The predicted molar refractivity (Wildman–Crippen MR) is 128 cm³/mol. The van der Waals surface area contributed by atoms with Gasteiger partial charge in [0, 0.05) is 12.2 Å². The number of phenolic OH excluding ortho intramolecular Hbond substituents is 1. The van der Waals surface area contributed by atoms with Crippen LogP contribution in [-0.4, -0.2) is 70.2 Å². The molecule has 2 rings (SSSR count). The topological polar surface area (TPSA) is 212 Å². The first-order valence-electron chi connectivity index (χ1n) is 10.9. The number of ether oxygens (including phenoxy) is 2. The number of hydrogen-bond acceptors (Lipinski definition) is 10. The summed E-state index contributed by atoms with van der Waals surface area (Å²) in [6.45, 7) is -0.0326. The highest BCUT2D eigenvalue weighted by Crippen LogP contribution is 2.35. The van der Waals surface area contributed by atoms with Gasteiger partial charge in [-0.25, -0.2) is 14.5 Å². The number of benzene rings is 2. The van der Waals surface area contributed by atoms with Crippen molar-refractivity contribution in [3.63, 3.8) is 0 Å². The van der Waals surface area contributed by atoms with Crippen molar-refractivity contribution in [2.75, 3.05) is 25.6 Å². The first-order valence-corrected chi connectivity index (χ1v) is 10.9. The lowest BCUT2D eigenvalue weighted by atomic mass is 10.0. The summed E-state index contributed by atoms with van der Waals surface area (Å²) in [4.78, 5) is 58.0. The van der Waals surface area contributed by atoms with E-state index in [4.69, 9.17) is 15.6 Å². The first-order chi connectivity index (χ1) is 17.5. The number of carbonyl (C=O) groups excluding carboxylic acids is 3. The number of carbonyl (C=O) groups is 4. The maximum Gasteiger partial charge on any atom is 0.416 e. The van der Waals surface area contributed by atoms with Crippen LogP contribution in [0.3, 0.4) is 0 Å². The van der Waals surface area contributed by atoms with Gasteiger partial charge in [-0.15, -0.1) is 0 Å². The highest BCUT2D eigenvalue weighted by molar-refractivity contribution is 6.36. The Morgan fingerprint density at radius 3 is 2.41 bits per heavy atom. The quantitative estimate of drug-likeness (QED) is 0.145. The lowest BCUT2D eigenvalue weighted by Gasteiger charge is -2.23. The number of aliphatic carboxylic acids is 1. The lowest BCUT2D eigenvalue weighted by Crippen LogP contribution is -2.48. The van der Waals surface area contributed by atoms with E-state index in [0.29, 0.717) is 12.0 Å². The molecule has 0 aliphatic rings. The zero-order chi connectivity index (χ0) is 27.5. The van der Waals surface area contributed by atoms with Gasteiger partial charge in [-0.1, -0.05) is 18.2 Å². The minimum absolute atomic E-state index is 0.0182. The minimum atomic E-state index is -1.63. The van der Waals surface area contributed by atoms with Gasteiger partial charge in [0.2, 0.25) is 11.7 Å². The molecule has 2 aromatic carbocycles. The Bertz CT molecular complexity index is 1150. The fraction of sp³-hybridized carbons (Fsp3) is 0.304. The maximum absolute atomic E-state index is 12.8. The third-order valence-corrected chi connectivity index (χ3v) is 5.03. The number of rotatable bonds is 11. The molecule has 0 aliphatic heterocycles. The van der Waals surface area contributed by atoms with Gasteiger partial charge >= 0.3 is 23.7 Å². The normalized spacial score (nSPS) is 11.2. The average molecular weight is 518 g/mol. The average Bonchev–Trinajstić information content (AvgIpc) is 2.86. The number of phenols is 1. The van der Waals surface area contributed by atoms with Crippen molar-refractivity contribution in [1.29, 1.82) is 0 Å². The molecule has 0 aliphatic carbocycles. The smallest absolute Gasteiger partial charge is 0.416 e. The number of carboxylic acid groups (broad SMARTS) is 1. The van der Waals surface area contributed by atoms with E-state index >= 15 is 0 Å². The molecule has 3 amide bonds. The molecule has 1 unspecified atom stereocenters. The van der Waals surface area contributed by atoms with Crippen LogP contribution >= 0.6 is 0 Å². The van der Waals surface area contributed by atoms with E-state index in [2.05, 4.69) is 10.1 Å². The Morgan fingerprint density at radius 1 is 1.14 bits per heavy atom. The van der Waals surface area contributed by atoms with E-state index in [9.17, 15) is 34.4 Å². The lowest BCUT2D eigenvalue weighted by molar-refractivity contribution is -0.386. The standard InChI is InChI=1S/C23H26N4O10/c1-36-23(33)26(11-2-3-12-37-18-6-4-5-17(28)19(18)27(34)35)21(30)16(24)13-14-7-9-15(10-8-14)25-20(29)22(31)32/h4-10,16,28H,2-3,11-13,24H2,1H3,(H,25,29)(H,31,32). The molecule has 14 nitrogen and oxygen atoms in total. The summed E-state index contributed by atoms with van der Waals surface area (Å²) in [7, 11) is 1.11. The molecule has 0 aromatic heterocycles. The summed E-state index contributed by atoms with van der Waals surface area (Å²) < 4.78 is 10.1. The van der Waals surface area contributed by atoms with Crippen LogP contribution in [0.2, 0.25) is 0 Å². The van der Waals surface area contributed by atoms with Gasteiger partial charge < -0.3 is 30.7 Å². The molecule has 0 bridgehead atoms. The number of nitro groups is 1. The van der Waals surface area contributed by atoms with Gasteiger partial charge in [-0.3, -0.25) is 19.7 Å². The number of aromatic hydroxyl groups is 1. The van der Waals surface area contributed by atoms with Crippen molar-refractivity contribution in [3.8, 4) is 11.5 Å². The number of anilines is 1. The summed E-state index contributed by atoms with van der Waals surface area (Å²) in [6.07, 6.45) is -0.273. The summed E-state index contributed by atoms with van der Waals surface area (Å²) in [5, 5.41) is 31.6. The van der Waals surface area contributed by atoms with Crippen molar-refractivity contribution in [2.24, 2.45) is 5.73 Å². The molecule has 198 valence electrons. The summed E-state index contributed by atoms with van der Waals surface area (Å²) >= 11 is 0. The molecule has 0 fully saturated rings. The second kappa shape index (κ2) is 13.4. The van der Waals surface area contributed by atoms with Crippen molar-refractivity contribution >= 4 is 35.3 Å². The van der Waals surface area contributed by atoms with Crippen LogP contribution < -0.4 is 15.8 Å². The van der Waals surface area contributed by atoms with Crippen molar-refractivity contribution in [3.05, 3.63) is 58.1 Å². The number of nitrogens with two attached hydrogens (primary N) is 1. The van der Waals surface area contributed by atoms with E-state index < -0.39 is 46.3 Å². The molecule has 0 radical (unpaired) electrons. The van der Waals surface area contributed by atoms with Crippen molar-refractivity contribution in [1.82, 2.24) is 4.90 Å². The van der Waals surface area contributed by atoms with E-state index in [0.717, 1.165) is 12.0 Å². The van der Waals surface area contributed by atoms with Crippen LogP contribution in [0.15, 0.2) is 42.5 Å². The zero-order valence-electron chi connectivity index (χ0n) is 19.8. The largest absolute Gasteiger partial charge is 0.502 e. The molecule has 2 aromatic rings. The fourth-order valence-electron chi connectivity index (χ4n) is 3.22. The molecule has 0 heterocycles. The Hall–Kier alpha value is -4.72. The number of hydrogen-bond donors (Lipinski definition) is 4. The predicted octanol–water partition coefficient (Wildman–Crippen LogP) is 1.65.